The maximum Gasteiger partial charge on any atom is 0.123 e. The second kappa shape index (κ2) is 3.77. The predicted molar refractivity (Wildman–Crippen MR) is 59.7 cm³/mol. The van der Waals surface area contributed by atoms with Crippen LogP contribution < -0.4 is 0 Å². The van der Waals surface area contributed by atoms with Gasteiger partial charge in [-0.3, -0.25) is 4.68 Å². The molecule has 0 bridgehead atoms. The van der Waals surface area contributed by atoms with Crippen molar-refractivity contribution in [1.29, 1.82) is 0 Å². The van der Waals surface area contributed by atoms with Crippen LogP contribution in [0.3, 0.4) is 0 Å². The Morgan fingerprint density at radius 1 is 1.40 bits per heavy atom. The minimum atomic E-state index is 0.302. The van der Waals surface area contributed by atoms with Crippen LogP contribution in [0, 0.1) is 6.92 Å². The van der Waals surface area contributed by atoms with Gasteiger partial charge < -0.3 is 5.11 Å². The van der Waals surface area contributed by atoms with Crippen molar-refractivity contribution in [3.05, 3.63) is 36.2 Å². The van der Waals surface area contributed by atoms with Gasteiger partial charge in [0.1, 0.15) is 5.75 Å². The van der Waals surface area contributed by atoms with E-state index in [0.717, 1.165) is 23.2 Å². The molecule has 0 aliphatic rings. The Bertz CT molecular complexity index is 474. The number of benzene rings is 1. The van der Waals surface area contributed by atoms with E-state index in [4.69, 9.17) is 0 Å². The highest BCUT2D eigenvalue weighted by atomic mass is 16.3. The SMILES string of the molecule is CCn1cc(-c2cc(C)ccc2O)cn1. The third-order valence-corrected chi connectivity index (χ3v) is 2.42. The Morgan fingerprint density at radius 3 is 2.87 bits per heavy atom. The number of rotatable bonds is 2. The molecule has 1 aromatic heterocycles. The van der Waals surface area contributed by atoms with Gasteiger partial charge in [0, 0.05) is 23.9 Å². The molecule has 2 rings (SSSR count). The molecular weight excluding hydrogens is 188 g/mol. The van der Waals surface area contributed by atoms with Crippen LogP contribution in [0.5, 0.6) is 5.75 Å². The molecule has 0 aliphatic heterocycles. The molecule has 3 heteroatoms. The second-order valence-corrected chi connectivity index (χ2v) is 3.61. The molecule has 0 saturated carbocycles. The molecule has 0 unspecified atom stereocenters. The van der Waals surface area contributed by atoms with Gasteiger partial charge in [-0.15, -0.1) is 0 Å². The maximum atomic E-state index is 9.73. The van der Waals surface area contributed by atoms with E-state index in [0.29, 0.717) is 5.75 Å². The summed E-state index contributed by atoms with van der Waals surface area (Å²) in [6.07, 6.45) is 3.71. The zero-order valence-electron chi connectivity index (χ0n) is 8.94. The summed E-state index contributed by atoms with van der Waals surface area (Å²) in [4.78, 5) is 0. The first-order chi connectivity index (χ1) is 7.20. The average Bonchev–Trinajstić information content (AvgIpc) is 2.70. The van der Waals surface area contributed by atoms with E-state index < -0.39 is 0 Å². The normalized spacial score (nSPS) is 10.5. The van der Waals surface area contributed by atoms with Crippen molar-refractivity contribution in [3.8, 4) is 16.9 Å². The largest absolute Gasteiger partial charge is 0.507 e. The molecule has 1 heterocycles. The van der Waals surface area contributed by atoms with E-state index in [2.05, 4.69) is 5.10 Å². The highest BCUT2D eigenvalue weighted by Gasteiger charge is 2.06. The fourth-order valence-corrected chi connectivity index (χ4v) is 1.56. The van der Waals surface area contributed by atoms with Crippen molar-refractivity contribution in [2.24, 2.45) is 0 Å². The van der Waals surface area contributed by atoms with Crippen LogP contribution in [0.2, 0.25) is 0 Å². The van der Waals surface area contributed by atoms with Crippen LogP contribution in [0.25, 0.3) is 11.1 Å². The summed E-state index contributed by atoms with van der Waals surface area (Å²) in [6, 6.07) is 5.57. The summed E-state index contributed by atoms with van der Waals surface area (Å²) >= 11 is 0. The lowest BCUT2D eigenvalue weighted by Crippen LogP contribution is -1.91. The first-order valence-electron chi connectivity index (χ1n) is 5.03. The van der Waals surface area contributed by atoms with Gasteiger partial charge >= 0.3 is 0 Å². The number of aromatic nitrogens is 2. The van der Waals surface area contributed by atoms with Gasteiger partial charge in [-0.2, -0.15) is 5.10 Å². The fraction of sp³-hybridized carbons (Fsp3) is 0.250. The quantitative estimate of drug-likeness (QED) is 0.812. The van der Waals surface area contributed by atoms with Crippen molar-refractivity contribution in [1.82, 2.24) is 9.78 Å². The van der Waals surface area contributed by atoms with Gasteiger partial charge in [0.15, 0.2) is 0 Å². The zero-order valence-corrected chi connectivity index (χ0v) is 8.94. The summed E-state index contributed by atoms with van der Waals surface area (Å²) in [7, 11) is 0. The molecule has 15 heavy (non-hydrogen) atoms. The maximum absolute atomic E-state index is 9.73. The molecule has 0 fully saturated rings. The van der Waals surface area contributed by atoms with Gasteiger partial charge in [0.2, 0.25) is 0 Å². The van der Waals surface area contributed by atoms with E-state index >= 15 is 0 Å². The minimum Gasteiger partial charge on any atom is -0.507 e. The Kier molecular flexibility index (Phi) is 2.46. The molecule has 0 amide bonds. The molecule has 0 radical (unpaired) electrons. The predicted octanol–water partition coefficient (Wildman–Crippen LogP) is 2.58. The molecule has 0 saturated heterocycles. The van der Waals surface area contributed by atoms with Crippen LogP contribution in [-0.2, 0) is 6.54 Å². The van der Waals surface area contributed by atoms with Gasteiger partial charge in [0.05, 0.1) is 6.20 Å². The number of hydrogen-bond acceptors (Lipinski definition) is 2. The molecule has 0 spiro atoms. The molecule has 78 valence electrons. The van der Waals surface area contributed by atoms with Gasteiger partial charge in [-0.05, 0) is 26.0 Å². The summed E-state index contributed by atoms with van der Waals surface area (Å²) in [5.74, 6) is 0.302. The van der Waals surface area contributed by atoms with Crippen molar-refractivity contribution in [3.63, 3.8) is 0 Å². The number of aromatic hydroxyl groups is 1. The van der Waals surface area contributed by atoms with Crippen LogP contribution in [0.1, 0.15) is 12.5 Å². The van der Waals surface area contributed by atoms with Crippen molar-refractivity contribution < 1.29 is 5.11 Å². The molecule has 1 aromatic carbocycles. The molecule has 2 aromatic rings. The third kappa shape index (κ3) is 1.86. The van der Waals surface area contributed by atoms with Gasteiger partial charge in [0.25, 0.3) is 0 Å². The summed E-state index contributed by atoms with van der Waals surface area (Å²) in [5, 5.41) is 13.9. The van der Waals surface area contributed by atoms with Gasteiger partial charge in [-0.25, -0.2) is 0 Å². The zero-order chi connectivity index (χ0) is 10.8. The summed E-state index contributed by atoms with van der Waals surface area (Å²) in [6.45, 7) is 4.88. The Morgan fingerprint density at radius 2 is 2.20 bits per heavy atom. The van der Waals surface area contributed by atoms with E-state index in [-0.39, 0.29) is 0 Å². The first-order valence-corrected chi connectivity index (χ1v) is 5.03. The first kappa shape index (κ1) is 9.77. The number of phenolic OH excluding ortho intramolecular Hbond substituents is 1. The van der Waals surface area contributed by atoms with Crippen LogP contribution in [0.4, 0.5) is 0 Å². The van der Waals surface area contributed by atoms with Crippen molar-refractivity contribution in [2.75, 3.05) is 0 Å². The summed E-state index contributed by atoms with van der Waals surface area (Å²) < 4.78 is 1.84. The van der Waals surface area contributed by atoms with Crippen LogP contribution in [-0.4, -0.2) is 14.9 Å². The second-order valence-electron chi connectivity index (χ2n) is 3.61. The number of nitrogens with zero attached hydrogens (tertiary/aromatic N) is 2. The summed E-state index contributed by atoms with van der Waals surface area (Å²) in [5.41, 5.74) is 2.93. The lowest BCUT2D eigenvalue weighted by Gasteiger charge is -2.02. The molecule has 1 N–H and O–H groups in total. The highest BCUT2D eigenvalue weighted by Crippen LogP contribution is 2.29. The number of phenols is 1. The Labute approximate surface area is 89.0 Å². The van der Waals surface area contributed by atoms with E-state index in [1.165, 1.54) is 0 Å². The fourth-order valence-electron chi connectivity index (χ4n) is 1.56. The molecule has 0 atom stereocenters. The Balaban J connectivity index is 2.48. The Hall–Kier alpha value is -1.77. The smallest absolute Gasteiger partial charge is 0.123 e. The minimum absolute atomic E-state index is 0.302. The highest BCUT2D eigenvalue weighted by molar-refractivity contribution is 5.69. The average molecular weight is 202 g/mol. The lowest BCUT2D eigenvalue weighted by molar-refractivity contribution is 0.477. The number of aryl methyl sites for hydroxylation is 2. The van der Waals surface area contributed by atoms with Crippen LogP contribution in [0.15, 0.2) is 30.6 Å². The topological polar surface area (TPSA) is 38.0 Å². The standard InChI is InChI=1S/C12H14N2O/c1-3-14-8-10(7-13-14)11-6-9(2)4-5-12(11)15/h4-8,15H,3H2,1-2H3. The van der Waals surface area contributed by atoms with E-state index in [1.54, 1.807) is 12.3 Å². The van der Waals surface area contributed by atoms with Crippen LogP contribution >= 0.6 is 0 Å². The molecule has 3 nitrogen and oxygen atoms in total. The van der Waals surface area contributed by atoms with Crippen molar-refractivity contribution >= 4 is 0 Å². The van der Waals surface area contributed by atoms with E-state index in [1.807, 2.05) is 36.9 Å². The number of hydrogen-bond donors (Lipinski definition) is 1. The van der Waals surface area contributed by atoms with Gasteiger partial charge in [-0.1, -0.05) is 11.6 Å². The third-order valence-electron chi connectivity index (χ3n) is 2.42. The molecule has 0 aliphatic carbocycles. The molecular formula is C12H14N2O. The monoisotopic (exact) mass is 202 g/mol. The van der Waals surface area contributed by atoms with Crippen molar-refractivity contribution in [2.45, 2.75) is 20.4 Å². The van der Waals surface area contributed by atoms with E-state index in [9.17, 15) is 5.11 Å². The lowest BCUT2D eigenvalue weighted by atomic mass is 10.1.